The zero-order chi connectivity index (χ0) is 10.1. The fourth-order valence-corrected chi connectivity index (χ4v) is 1.18. The maximum atomic E-state index is 8.47. The summed E-state index contributed by atoms with van der Waals surface area (Å²) in [5, 5.41) is 8.47. The van der Waals surface area contributed by atoms with Crippen LogP contribution in [0.25, 0.3) is 0 Å². The summed E-state index contributed by atoms with van der Waals surface area (Å²) in [6.45, 7) is 0.297. The van der Waals surface area contributed by atoms with Gasteiger partial charge in [-0.3, -0.25) is 0 Å². The van der Waals surface area contributed by atoms with Gasteiger partial charge >= 0.3 is 26.2 Å². The van der Waals surface area contributed by atoms with Gasteiger partial charge in [0.05, 0.1) is 0 Å². The van der Waals surface area contributed by atoms with Crippen LogP contribution < -0.4 is 24.8 Å². The molecule has 1 nitrogen and oxygen atoms in total. The molecular formula is C13H16Cl2OZr. The van der Waals surface area contributed by atoms with E-state index in [9.17, 15) is 0 Å². The Hall–Kier alpha value is 0.123. The number of aryl methyl sites for hydroxylation is 1. The molecule has 0 radical (unpaired) electrons. The molecule has 0 aromatic heterocycles. The number of aliphatic hydroxyl groups is 1. The van der Waals surface area contributed by atoms with Crippen molar-refractivity contribution >= 4 is 0 Å². The van der Waals surface area contributed by atoms with Gasteiger partial charge in [-0.1, -0.05) is 6.42 Å². The Labute approximate surface area is 135 Å². The van der Waals surface area contributed by atoms with Crippen LogP contribution in [0.5, 0.6) is 0 Å². The second kappa shape index (κ2) is 16.1. The first kappa shape index (κ1) is 22.3. The summed E-state index contributed by atoms with van der Waals surface area (Å²) in [4.78, 5) is 0. The molecule has 2 rings (SSSR count). The molecule has 0 atom stereocenters. The SMILES string of the molecule is OCCC[c-]1cccc1.[Cl-].[Cl-].[Zr+4].c1cc[cH-]c1. The van der Waals surface area contributed by atoms with Crippen molar-refractivity contribution in [1.82, 2.24) is 0 Å². The van der Waals surface area contributed by atoms with E-state index >= 15 is 0 Å². The van der Waals surface area contributed by atoms with Crippen LogP contribution in [0.1, 0.15) is 12.0 Å². The van der Waals surface area contributed by atoms with E-state index in [-0.39, 0.29) is 51.0 Å². The van der Waals surface area contributed by atoms with Gasteiger partial charge in [-0.05, 0) is 6.42 Å². The van der Waals surface area contributed by atoms with Gasteiger partial charge in [0.25, 0.3) is 0 Å². The quantitative estimate of drug-likeness (QED) is 0.577. The third-order valence-electron chi connectivity index (χ3n) is 1.91. The van der Waals surface area contributed by atoms with Crippen LogP contribution in [-0.2, 0) is 32.6 Å². The zero-order valence-corrected chi connectivity index (χ0v) is 13.5. The van der Waals surface area contributed by atoms with Crippen molar-refractivity contribution in [3.05, 3.63) is 60.2 Å². The Bertz CT molecular complexity index is 276. The van der Waals surface area contributed by atoms with E-state index in [0.29, 0.717) is 6.61 Å². The van der Waals surface area contributed by atoms with Crippen LogP contribution in [0.2, 0.25) is 0 Å². The Balaban J connectivity index is -0.000000216. The fraction of sp³-hybridized carbons (Fsp3) is 0.231. The van der Waals surface area contributed by atoms with Crippen LogP contribution >= 0.6 is 0 Å². The van der Waals surface area contributed by atoms with Gasteiger partial charge in [0, 0.05) is 6.61 Å². The van der Waals surface area contributed by atoms with E-state index in [1.54, 1.807) is 0 Å². The van der Waals surface area contributed by atoms with Gasteiger partial charge in [-0.2, -0.15) is 35.9 Å². The Morgan fingerprint density at radius 2 is 1.47 bits per heavy atom. The van der Waals surface area contributed by atoms with Crippen molar-refractivity contribution in [3.8, 4) is 0 Å². The second-order valence-electron chi connectivity index (χ2n) is 3.08. The molecule has 0 saturated carbocycles. The molecule has 1 N–H and O–H groups in total. The number of hydrogen-bond acceptors (Lipinski definition) is 1. The monoisotopic (exact) mass is 348 g/mol. The summed E-state index contributed by atoms with van der Waals surface area (Å²) >= 11 is 0. The van der Waals surface area contributed by atoms with E-state index in [4.69, 9.17) is 5.11 Å². The Morgan fingerprint density at radius 1 is 0.941 bits per heavy atom. The van der Waals surface area contributed by atoms with Crippen LogP contribution in [0.4, 0.5) is 0 Å². The number of rotatable bonds is 3. The van der Waals surface area contributed by atoms with E-state index < -0.39 is 0 Å². The van der Waals surface area contributed by atoms with Gasteiger partial charge < -0.3 is 29.9 Å². The minimum absolute atomic E-state index is 0. The first-order chi connectivity index (χ1) is 6.93. The number of halogens is 2. The van der Waals surface area contributed by atoms with Crippen LogP contribution in [0, 0.1) is 0 Å². The third-order valence-corrected chi connectivity index (χ3v) is 1.91. The maximum absolute atomic E-state index is 8.47. The molecule has 2 aromatic carbocycles. The predicted octanol–water partition coefficient (Wildman–Crippen LogP) is -3.26. The average Bonchev–Trinajstić information content (AvgIpc) is 2.90. The summed E-state index contributed by atoms with van der Waals surface area (Å²) < 4.78 is 0. The third kappa shape index (κ3) is 12.4. The molecule has 0 fully saturated rings. The van der Waals surface area contributed by atoms with Crippen molar-refractivity contribution in [2.24, 2.45) is 0 Å². The molecule has 92 valence electrons. The van der Waals surface area contributed by atoms with Crippen LogP contribution in [-0.4, -0.2) is 11.7 Å². The number of aliphatic hydroxyl groups excluding tert-OH is 1. The molecule has 0 saturated heterocycles. The molecule has 0 unspecified atom stereocenters. The minimum Gasteiger partial charge on any atom is -1.00 e. The Kier molecular flexibility index (Phi) is 21.2. The van der Waals surface area contributed by atoms with E-state index in [2.05, 4.69) is 12.1 Å². The first-order valence-electron chi connectivity index (χ1n) is 4.91. The molecule has 2 aromatic rings. The molecule has 17 heavy (non-hydrogen) atoms. The van der Waals surface area contributed by atoms with Crippen molar-refractivity contribution in [1.29, 1.82) is 0 Å². The normalized spacial score (nSPS) is 7.59. The summed E-state index contributed by atoms with van der Waals surface area (Å²) in [6, 6.07) is 18.2. The standard InChI is InChI=1S/C8H11O.C5H5.2ClH.Zr/c9-7-3-6-8-4-1-2-5-8;1-2-4-5-3-1;;;/h1-2,4-5,9H,3,6-7H2;1-5H;2*1H;/q2*-1;;;+4/p-2. The molecular weight excluding hydrogens is 334 g/mol. The van der Waals surface area contributed by atoms with Crippen molar-refractivity contribution in [2.75, 3.05) is 6.61 Å². The van der Waals surface area contributed by atoms with Gasteiger partial charge in [0.15, 0.2) is 0 Å². The van der Waals surface area contributed by atoms with E-state index in [0.717, 1.165) is 12.8 Å². The molecule has 0 aliphatic carbocycles. The fourth-order valence-electron chi connectivity index (χ4n) is 1.18. The topological polar surface area (TPSA) is 20.2 Å². The first-order valence-corrected chi connectivity index (χ1v) is 4.91. The zero-order valence-electron chi connectivity index (χ0n) is 9.52. The summed E-state index contributed by atoms with van der Waals surface area (Å²) in [5.41, 5.74) is 1.32. The molecule has 0 heterocycles. The average molecular weight is 350 g/mol. The largest absolute Gasteiger partial charge is 4.00 e. The van der Waals surface area contributed by atoms with Gasteiger partial charge in [-0.25, -0.2) is 24.3 Å². The minimum atomic E-state index is 0. The van der Waals surface area contributed by atoms with Crippen molar-refractivity contribution in [2.45, 2.75) is 12.8 Å². The Morgan fingerprint density at radius 3 is 1.82 bits per heavy atom. The summed E-state index contributed by atoms with van der Waals surface area (Å²) in [7, 11) is 0. The van der Waals surface area contributed by atoms with Gasteiger partial charge in [0.1, 0.15) is 0 Å². The van der Waals surface area contributed by atoms with Crippen molar-refractivity contribution in [3.63, 3.8) is 0 Å². The van der Waals surface area contributed by atoms with Gasteiger partial charge in [0.2, 0.25) is 0 Å². The molecule has 0 aliphatic heterocycles. The van der Waals surface area contributed by atoms with E-state index in [1.807, 2.05) is 42.5 Å². The second-order valence-corrected chi connectivity index (χ2v) is 3.08. The van der Waals surface area contributed by atoms with Crippen molar-refractivity contribution < 1.29 is 56.1 Å². The van der Waals surface area contributed by atoms with Gasteiger partial charge in [-0.15, -0.1) is 0 Å². The van der Waals surface area contributed by atoms with Crippen LogP contribution in [0.15, 0.2) is 54.6 Å². The molecule has 0 aliphatic rings. The maximum Gasteiger partial charge on any atom is 4.00 e. The smallest absolute Gasteiger partial charge is 1.00 e. The molecule has 0 bridgehead atoms. The molecule has 0 spiro atoms. The summed E-state index contributed by atoms with van der Waals surface area (Å²) in [6.07, 6.45) is 1.88. The molecule has 4 heteroatoms. The number of hydrogen-bond donors (Lipinski definition) is 1. The molecule has 0 amide bonds. The van der Waals surface area contributed by atoms with Crippen LogP contribution in [0.3, 0.4) is 0 Å². The predicted molar refractivity (Wildman–Crippen MR) is 59.5 cm³/mol. The summed E-state index contributed by atoms with van der Waals surface area (Å²) in [5.74, 6) is 0. The van der Waals surface area contributed by atoms with E-state index in [1.165, 1.54) is 5.56 Å².